The van der Waals surface area contributed by atoms with Gasteiger partial charge >= 0.3 is 0 Å². The van der Waals surface area contributed by atoms with Crippen LogP contribution in [0.2, 0.25) is 5.02 Å². The summed E-state index contributed by atoms with van der Waals surface area (Å²) in [6.45, 7) is 0.622. The van der Waals surface area contributed by atoms with Crippen LogP contribution in [0.15, 0.2) is 18.2 Å². The average Bonchev–Trinajstić information content (AvgIpc) is 2.28. The second-order valence-corrected chi connectivity index (χ2v) is 4.76. The van der Waals surface area contributed by atoms with Gasteiger partial charge in [-0.15, -0.1) is 0 Å². The highest BCUT2D eigenvalue weighted by Gasteiger charge is 2.06. The van der Waals surface area contributed by atoms with E-state index >= 15 is 0 Å². The second-order valence-electron chi connectivity index (χ2n) is 4.35. The van der Waals surface area contributed by atoms with Crippen LogP contribution in [0.3, 0.4) is 0 Å². The Balaban J connectivity index is 2.58. The van der Waals surface area contributed by atoms with Crippen molar-refractivity contribution in [1.82, 2.24) is 0 Å². The number of amides is 1. The van der Waals surface area contributed by atoms with Gasteiger partial charge in [0, 0.05) is 26.2 Å². The third kappa shape index (κ3) is 4.55. The van der Waals surface area contributed by atoms with Crippen LogP contribution < -0.4 is 16.0 Å². The maximum absolute atomic E-state index is 11.6. The van der Waals surface area contributed by atoms with Crippen molar-refractivity contribution in [3.63, 3.8) is 0 Å². The van der Waals surface area contributed by atoms with Crippen LogP contribution >= 0.6 is 11.6 Å². The molecular weight excluding hydrogens is 250 g/mol. The van der Waals surface area contributed by atoms with E-state index in [1.165, 1.54) is 0 Å². The summed E-state index contributed by atoms with van der Waals surface area (Å²) >= 11 is 6.13. The van der Waals surface area contributed by atoms with Gasteiger partial charge in [0.2, 0.25) is 5.91 Å². The van der Waals surface area contributed by atoms with Gasteiger partial charge in [-0.1, -0.05) is 11.6 Å². The molecule has 0 aliphatic carbocycles. The van der Waals surface area contributed by atoms with Gasteiger partial charge in [0.1, 0.15) is 0 Å². The Labute approximate surface area is 113 Å². The molecule has 0 aliphatic heterocycles. The Hall–Kier alpha value is -1.26. The zero-order chi connectivity index (χ0) is 13.5. The molecule has 100 valence electrons. The predicted octanol–water partition coefficient (Wildman–Crippen LogP) is 2.47. The van der Waals surface area contributed by atoms with Crippen LogP contribution in [0.1, 0.15) is 19.3 Å². The average molecular weight is 270 g/mol. The van der Waals surface area contributed by atoms with Crippen molar-refractivity contribution in [2.45, 2.75) is 19.3 Å². The molecule has 0 saturated carbocycles. The number of nitrogens with one attached hydrogen (secondary N) is 1. The maximum atomic E-state index is 11.6. The summed E-state index contributed by atoms with van der Waals surface area (Å²) in [6.07, 6.45) is 2.17. The van der Waals surface area contributed by atoms with E-state index in [-0.39, 0.29) is 5.91 Å². The van der Waals surface area contributed by atoms with E-state index in [1.54, 1.807) is 6.07 Å². The molecule has 4 nitrogen and oxygen atoms in total. The van der Waals surface area contributed by atoms with Crippen LogP contribution in [0, 0.1) is 0 Å². The van der Waals surface area contributed by atoms with Crippen LogP contribution in [0.5, 0.6) is 0 Å². The zero-order valence-corrected chi connectivity index (χ0v) is 11.6. The number of hydrogen-bond donors (Lipinski definition) is 2. The molecule has 0 atom stereocenters. The number of nitrogens with zero attached hydrogens (tertiary/aromatic N) is 1. The van der Waals surface area contributed by atoms with Gasteiger partial charge in [-0.2, -0.15) is 0 Å². The minimum atomic E-state index is -0.00267. The third-order valence-electron chi connectivity index (χ3n) is 2.57. The van der Waals surface area contributed by atoms with Crippen molar-refractivity contribution in [2.24, 2.45) is 5.73 Å². The monoisotopic (exact) mass is 269 g/mol. The summed E-state index contributed by atoms with van der Waals surface area (Å²) in [7, 11) is 3.85. The number of carbonyl (C=O) groups is 1. The zero-order valence-electron chi connectivity index (χ0n) is 10.9. The molecule has 0 heterocycles. The van der Waals surface area contributed by atoms with E-state index in [4.69, 9.17) is 17.3 Å². The molecule has 0 unspecified atom stereocenters. The molecule has 0 aliphatic rings. The van der Waals surface area contributed by atoms with Crippen molar-refractivity contribution in [2.75, 3.05) is 30.9 Å². The first-order chi connectivity index (χ1) is 8.54. The molecule has 1 aromatic carbocycles. The Bertz CT molecular complexity index is 407. The van der Waals surface area contributed by atoms with E-state index in [9.17, 15) is 4.79 Å². The highest BCUT2D eigenvalue weighted by atomic mass is 35.5. The molecule has 0 bridgehead atoms. The lowest BCUT2D eigenvalue weighted by atomic mass is 10.2. The van der Waals surface area contributed by atoms with E-state index in [0.717, 1.165) is 24.2 Å². The Morgan fingerprint density at radius 1 is 1.39 bits per heavy atom. The molecule has 3 N–H and O–H groups in total. The number of anilines is 2. The smallest absolute Gasteiger partial charge is 0.224 e. The summed E-state index contributed by atoms with van der Waals surface area (Å²) < 4.78 is 0. The highest BCUT2D eigenvalue weighted by molar-refractivity contribution is 6.33. The van der Waals surface area contributed by atoms with E-state index < -0.39 is 0 Å². The van der Waals surface area contributed by atoms with Crippen LogP contribution in [0.4, 0.5) is 11.4 Å². The lowest BCUT2D eigenvalue weighted by molar-refractivity contribution is -0.116. The van der Waals surface area contributed by atoms with Gasteiger partial charge in [-0.3, -0.25) is 4.79 Å². The second kappa shape index (κ2) is 7.24. The number of benzene rings is 1. The van der Waals surface area contributed by atoms with Gasteiger partial charge in [0.05, 0.1) is 10.7 Å². The predicted molar refractivity (Wildman–Crippen MR) is 77.3 cm³/mol. The van der Waals surface area contributed by atoms with Crippen LogP contribution in [0.25, 0.3) is 0 Å². The molecule has 1 amide bonds. The first kappa shape index (κ1) is 14.8. The fourth-order valence-corrected chi connectivity index (χ4v) is 1.95. The van der Waals surface area contributed by atoms with E-state index in [0.29, 0.717) is 18.0 Å². The van der Waals surface area contributed by atoms with Gasteiger partial charge in [0.25, 0.3) is 0 Å². The van der Waals surface area contributed by atoms with E-state index in [2.05, 4.69) is 5.32 Å². The Kier molecular flexibility index (Phi) is 5.95. The first-order valence-corrected chi connectivity index (χ1v) is 6.39. The van der Waals surface area contributed by atoms with Gasteiger partial charge in [0.15, 0.2) is 0 Å². The quantitative estimate of drug-likeness (QED) is 0.780. The standard InChI is InChI=1S/C13H20ClN3O/c1-17(2)12-7-6-10(9-11(12)14)16-13(18)5-3-4-8-15/h6-7,9H,3-5,8,15H2,1-2H3,(H,16,18). The lowest BCUT2D eigenvalue weighted by Gasteiger charge is -2.15. The normalized spacial score (nSPS) is 10.2. The van der Waals surface area contributed by atoms with Gasteiger partial charge in [-0.25, -0.2) is 0 Å². The summed E-state index contributed by atoms with van der Waals surface area (Å²) in [5.74, 6) is -0.00267. The summed E-state index contributed by atoms with van der Waals surface area (Å²) in [4.78, 5) is 13.5. The molecule has 1 aromatic rings. The van der Waals surface area contributed by atoms with Crippen molar-refractivity contribution < 1.29 is 4.79 Å². The van der Waals surface area contributed by atoms with E-state index in [1.807, 2.05) is 31.1 Å². The molecule has 0 aromatic heterocycles. The molecule has 0 saturated heterocycles. The fourth-order valence-electron chi connectivity index (χ4n) is 1.60. The number of carbonyl (C=O) groups excluding carboxylic acids is 1. The van der Waals surface area contributed by atoms with Gasteiger partial charge < -0.3 is 16.0 Å². The molecule has 1 rings (SSSR count). The van der Waals surface area contributed by atoms with Crippen LogP contribution in [-0.4, -0.2) is 26.5 Å². The molecule has 5 heteroatoms. The number of hydrogen-bond acceptors (Lipinski definition) is 3. The fraction of sp³-hybridized carbons (Fsp3) is 0.462. The molecule has 0 radical (unpaired) electrons. The number of halogens is 1. The van der Waals surface area contributed by atoms with Crippen molar-refractivity contribution >= 4 is 28.9 Å². The number of unbranched alkanes of at least 4 members (excludes halogenated alkanes) is 1. The Morgan fingerprint density at radius 2 is 2.11 bits per heavy atom. The van der Waals surface area contributed by atoms with Crippen molar-refractivity contribution in [3.05, 3.63) is 23.2 Å². The van der Waals surface area contributed by atoms with Crippen molar-refractivity contribution in [3.8, 4) is 0 Å². The minimum absolute atomic E-state index is 0.00267. The first-order valence-electron chi connectivity index (χ1n) is 6.01. The molecule has 0 fully saturated rings. The maximum Gasteiger partial charge on any atom is 0.224 e. The SMILES string of the molecule is CN(C)c1ccc(NC(=O)CCCCN)cc1Cl. The van der Waals surface area contributed by atoms with Crippen molar-refractivity contribution in [1.29, 1.82) is 0 Å². The molecule has 18 heavy (non-hydrogen) atoms. The summed E-state index contributed by atoms with van der Waals surface area (Å²) in [5, 5.41) is 3.45. The number of nitrogens with two attached hydrogens (primary N) is 1. The van der Waals surface area contributed by atoms with Crippen LogP contribution in [-0.2, 0) is 4.79 Å². The topological polar surface area (TPSA) is 58.4 Å². The molecular formula is C13H20ClN3O. The largest absolute Gasteiger partial charge is 0.376 e. The Morgan fingerprint density at radius 3 is 2.67 bits per heavy atom. The lowest BCUT2D eigenvalue weighted by Crippen LogP contribution is -2.13. The summed E-state index contributed by atoms with van der Waals surface area (Å²) in [5.41, 5.74) is 7.03. The number of rotatable bonds is 6. The minimum Gasteiger partial charge on any atom is -0.376 e. The highest BCUT2D eigenvalue weighted by Crippen LogP contribution is 2.27. The molecule has 0 spiro atoms. The summed E-state index contributed by atoms with van der Waals surface area (Å²) in [6, 6.07) is 5.50. The third-order valence-corrected chi connectivity index (χ3v) is 2.87. The van der Waals surface area contributed by atoms with Gasteiger partial charge in [-0.05, 0) is 37.6 Å².